The second-order valence-electron chi connectivity index (χ2n) is 4.05. The summed E-state index contributed by atoms with van der Waals surface area (Å²) in [5.41, 5.74) is 1.40. The molecular formula is C13H12N4O2S. The van der Waals surface area contributed by atoms with Gasteiger partial charge in [0.1, 0.15) is 11.0 Å². The maximum absolute atomic E-state index is 12.2. The molecule has 2 rings (SSSR count). The van der Waals surface area contributed by atoms with Crippen LogP contribution in [0.3, 0.4) is 0 Å². The number of pyridine rings is 2. The summed E-state index contributed by atoms with van der Waals surface area (Å²) in [4.78, 5) is 7.72. The second-order valence-corrected chi connectivity index (χ2v) is 5.79. The van der Waals surface area contributed by atoms with Crippen molar-refractivity contribution >= 4 is 10.0 Å². The second kappa shape index (κ2) is 5.77. The van der Waals surface area contributed by atoms with E-state index >= 15 is 0 Å². The quantitative estimate of drug-likeness (QED) is 0.910. The Bertz CT molecular complexity index is 766. The minimum atomic E-state index is -3.79. The lowest BCUT2D eigenvalue weighted by molar-refractivity contribution is 0.579. The van der Waals surface area contributed by atoms with Gasteiger partial charge in [-0.25, -0.2) is 18.1 Å². The monoisotopic (exact) mass is 288 g/mol. The summed E-state index contributed by atoms with van der Waals surface area (Å²) < 4.78 is 26.8. The minimum absolute atomic E-state index is 0.0643. The molecule has 102 valence electrons. The van der Waals surface area contributed by atoms with Crippen LogP contribution in [0.2, 0.25) is 0 Å². The Kier molecular flexibility index (Phi) is 4.08. The van der Waals surface area contributed by atoms with E-state index in [1.807, 2.05) is 13.0 Å². The number of aryl methyl sites for hydroxylation is 1. The van der Waals surface area contributed by atoms with Gasteiger partial charge in [-0.2, -0.15) is 5.26 Å². The molecule has 0 spiro atoms. The summed E-state index contributed by atoms with van der Waals surface area (Å²) in [5.74, 6) is 0. The fraction of sp³-hybridized carbons (Fsp3) is 0.154. The number of sulfonamides is 1. The van der Waals surface area contributed by atoms with E-state index in [9.17, 15) is 8.42 Å². The van der Waals surface area contributed by atoms with Gasteiger partial charge in [0.15, 0.2) is 5.69 Å². The molecule has 1 N–H and O–H groups in total. The van der Waals surface area contributed by atoms with Crippen LogP contribution in [0.25, 0.3) is 0 Å². The number of nitrogens with zero attached hydrogens (tertiary/aromatic N) is 3. The molecule has 0 aliphatic heterocycles. The molecule has 0 radical (unpaired) electrons. The average molecular weight is 288 g/mol. The van der Waals surface area contributed by atoms with Crippen molar-refractivity contribution in [2.75, 3.05) is 0 Å². The highest BCUT2D eigenvalue weighted by Crippen LogP contribution is 2.12. The molecule has 2 aromatic rings. The third-order valence-corrected chi connectivity index (χ3v) is 4.15. The molecule has 0 fully saturated rings. The zero-order chi connectivity index (χ0) is 14.6. The van der Waals surface area contributed by atoms with Gasteiger partial charge < -0.3 is 0 Å². The Morgan fingerprint density at radius 1 is 1.25 bits per heavy atom. The lowest BCUT2D eigenvalue weighted by Gasteiger charge is -2.08. The van der Waals surface area contributed by atoms with E-state index in [1.165, 1.54) is 18.3 Å². The highest BCUT2D eigenvalue weighted by molar-refractivity contribution is 7.89. The van der Waals surface area contributed by atoms with Crippen molar-refractivity contribution < 1.29 is 8.42 Å². The van der Waals surface area contributed by atoms with E-state index in [2.05, 4.69) is 14.7 Å². The molecule has 0 saturated carbocycles. The molecule has 2 aromatic heterocycles. The third-order valence-electron chi connectivity index (χ3n) is 2.71. The van der Waals surface area contributed by atoms with Crippen LogP contribution in [0.4, 0.5) is 0 Å². The maximum Gasteiger partial charge on any atom is 0.243 e. The molecule has 0 aliphatic carbocycles. The van der Waals surface area contributed by atoms with Crippen LogP contribution in [0, 0.1) is 18.3 Å². The number of hydrogen-bond acceptors (Lipinski definition) is 5. The van der Waals surface area contributed by atoms with Gasteiger partial charge in [0.2, 0.25) is 10.0 Å². The van der Waals surface area contributed by atoms with Crippen molar-refractivity contribution in [3.8, 4) is 6.07 Å². The summed E-state index contributed by atoms with van der Waals surface area (Å²) in [6, 6.07) is 8.21. The molecule has 0 amide bonds. The van der Waals surface area contributed by atoms with E-state index in [0.717, 1.165) is 5.56 Å². The average Bonchev–Trinajstić information content (AvgIpc) is 2.46. The SMILES string of the molecule is Cc1cccnc1CNS(=O)(=O)c1cccnc1C#N. The summed E-state index contributed by atoms with van der Waals surface area (Å²) in [6.07, 6.45) is 2.97. The highest BCUT2D eigenvalue weighted by atomic mass is 32.2. The number of rotatable bonds is 4. The van der Waals surface area contributed by atoms with E-state index in [0.29, 0.717) is 5.69 Å². The minimum Gasteiger partial charge on any atom is -0.260 e. The van der Waals surface area contributed by atoms with Crippen LogP contribution in [-0.4, -0.2) is 18.4 Å². The molecule has 0 unspecified atom stereocenters. The molecule has 20 heavy (non-hydrogen) atoms. The fourth-order valence-electron chi connectivity index (χ4n) is 1.64. The molecule has 0 atom stereocenters. The predicted molar refractivity (Wildman–Crippen MR) is 72.0 cm³/mol. The molecular weight excluding hydrogens is 276 g/mol. The molecule has 0 aromatic carbocycles. The van der Waals surface area contributed by atoms with Gasteiger partial charge in [0.25, 0.3) is 0 Å². The van der Waals surface area contributed by atoms with Crippen LogP contribution in [0.5, 0.6) is 0 Å². The topological polar surface area (TPSA) is 95.7 Å². The Morgan fingerprint density at radius 2 is 1.95 bits per heavy atom. The first-order valence-electron chi connectivity index (χ1n) is 5.80. The molecule has 7 heteroatoms. The van der Waals surface area contributed by atoms with Crippen molar-refractivity contribution in [2.24, 2.45) is 0 Å². The molecule has 0 saturated heterocycles. The number of nitrogens with one attached hydrogen (secondary N) is 1. The van der Waals surface area contributed by atoms with Gasteiger partial charge in [-0.05, 0) is 30.7 Å². The summed E-state index contributed by atoms with van der Waals surface area (Å²) in [7, 11) is -3.79. The standard InChI is InChI=1S/C13H12N4O2S/c1-10-4-2-6-16-12(10)9-17-20(18,19)13-5-3-7-15-11(13)8-14/h2-7,17H,9H2,1H3. The molecule has 0 aliphatic rings. The lowest BCUT2D eigenvalue weighted by atomic mass is 10.2. The number of hydrogen-bond donors (Lipinski definition) is 1. The Hall–Kier alpha value is -2.30. The predicted octanol–water partition coefficient (Wildman–Crippen LogP) is 1.14. The normalized spacial score (nSPS) is 11.0. The van der Waals surface area contributed by atoms with Gasteiger partial charge in [0, 0.05) is 12.4 Å². The number of aromatic nitrogens is 2. The van der Waals surface area contributed by atoms with Gasteiger partial charge in [0.05, 0.1) is 12.2 Å². The fourth-order valence-corrected chi connectivity index (χ4v) is 2.73. The summed E-state index contributed by atoms with van der Waals surface area (Å²) in [6.45, 7) is 1.91. The zero-order valence-corrected chi connectivity index (χ0v) is 11.6. The first kappa shape index (κ1) is 14.1. The third kappa shape index (κ3) is 2.99. The van der Waals surface area contributed by atoms with Crippen LogP contribution < -0.4 is 4.72 Å². The Labute approximate surface area is 117 Å². The Morgan fingerprint density at radius 3 is 2.65 bits per heavy atom. The van der Waals surface area contributed by atoms with Gasteiger partial charge >= 0.3 is 0 Å². The maximum atomic E-state index is 12.2. The highest BCUT2D eigenvalue weighted by Gasteiger charge is 2.19. The molecule has 2 heterocycles. The van der Waals surface area contributed by atoms with Crippen molar-refractivity contribution in [1.29, 1.82) is 5.26 Å². The number of nitriles is 1. The summed E-state index contributed by atoms with van der Waals surface area (Å²) >= 11 is 0. The van der Waals surface area contributed by atoms with Gasteiger partial charge in [-0.15, -0.1) is 0 Å². The van der Waals surface area contributed by atoms with Crippen molar-refractivity contribution in [3.63, 3.8) is 0 Å². The Balaban J connectivity index is 2.25. The van der Waals surface area contributed by atoms with E-state index < -0.39 is 10.0 Å². The largest absolute Gasteiger partial charge is 0.260 e. The van der Waals surface area contributed by atoms with Crippen molar-refractivity contribution in [3.05, 3.63) is 53.6 Å². The van der Waals surface area contributed by atoms with E-state index in [-0.39, 0.29) is 17.1 Å². The van der Waals surface area contributed by atoms with Crippen LogP contribution in [0.1, 0.15) is 17.0 Å². The lowest BCUT2D eigenvalue weighted by Crippen LogP contribution is -2.25. The van der Waals surface area contributed by atoms with E-state index in [4.69, 9.17) is 5.26 Å². The first-order valence-corrected chi connectivity index (χ1v) is 7.28. The molecule has 6 nitrogen and oxygen atoms in total. The van der Waals surface area contributed by atoms with Crippen molar-refractivity contribution in [2.45, 2.75) is 18.4 Å². The zero-order valence-electron chi connectivity index (χ0n) is 10.7. The van der Waals surface area contributed by atoms with Gasteiger partial charge in [-0.3, -0.25) is 4.98 Å². The smallest absolute Gasteiger partial charge is 0.243 e. The summed E-state index contributed by atoms with van der Waals surface area (Å²) in [5, 5.41) is 8.89. The van der Waals surface area contributed by atoms with E-state index in [1.54, 1.807) is 18.3 Å². The molecule has 0 bridgehead atoms. The van der Waals surface area contributed by atoms with Crippen molar-refractivity contribution in [1.82, 2.24) is 14.7 Å². The van der Waals surface area contributed by atoms with Crippen LogP contribution >= 0.6 is 0 Å². The van der Waals surface area contributed by atoms with Crippen LogP contribution in [0.15, 0.2) is 41.6 Å². The van der Waals surface area contributed by atoms with Gasteiger partial charge in [-0.1, -0.05) is 6.07 Å². The van der Waals surface area contributed by atoms with Crippen LogP contribution in [-0.2, 0) is 16.6 Å². The first-order chi connectivity index (χ1) is 9.54.